The van der Waals surface area contributed by atoms with Crippen molar-refractivity contribution >= 4 is 5.91 Å². The molecule has 4 nitrogen and oxygen atoms in total. The van der Waals surface area contributed by atoms with E-state index in [4.69, 9.17) is 4.74 Å². The maximum Gasteiger partial charge on any atom is 0.236 e. The highest BCUT2D eigenvalue weighted by Gasteiger charge is 2.21. The van der Waals surface area contributed by atoms with Crippen LogP contribution < -0.4 is 5.32 Å². The van der Waals surface area contributed by atoms with E-state index in [1.54, 1.807) is 0 Å². The second-order valence-electron chi connectivity index (χ2n) is 5.41. The summed E-state index contributed by atoms with van der Waals surface area (Å²) in [5, 5.41) is 3.31. The van der Waals surface area contributed by atoms with Crippen molar-refractivity contribution in [3.05, 3.63) is 0 Å². The van der Waals surface area contributed by atoms with Gasteiger partial charge in [-0.3, -0.25) is 4.79 Å². The summed E-state index contributed by atoms with van der Waals surface area (Å²) in [6.45, 7) is 6.68. The Bertz CT molecular complexity index is 252. The van der Waals surface area contributed by atoms with E-state index in [9.17, 15) is 4.79 Å². The molecule has 0 bridgehead atoms. The second kappa shape index (κ2) is 6.36. The number of carbonyl (C=O) groups is 1. The quantitative estimate of drug-likeness (QED) is 0.793. The van der Waals surface area contributed by atoms with Crippen LogP contribution in [0.1, 0.15) is 26.2 Å². The maximum atomic E-state index is 11.8. The average Bonchev–Trinajstić information content (AvgIpc) is 2.76. The Labute approximate surface area is 104 Å². The third-order valence-electron chi connectivity index (χ3n) is 3.88. The van der Waals surface area contributed by atoms with Crippen LogP contribution in [0.2, 0.25) is 0 Å². The lowest BCUT2D eigenvalue weighted by Crippen LogP contribution is -2.45. The largest absolute Gasteiger partial charge is 0.378 e. The number of rotatable bonds is 4. The summed E-state index contributed by atoms with van der Waals surface area (Å²) in [4.78, 5) is 13.7. The average molecular weight is 240 g/mol. The zero-order valence-corrected chi connectivity index (χ0v) is 10.8. The summed E-state index contributed by atoms with van der Waals surface area (Å²) in [6, 6.07) is 0. The van der Waals surface area contributed by atoms with Crippen molar-refractivity contribution in [2.45, 2.75) is 26.2 Å². The van der Waals surface area contributed by atoms with E-state index < -0.39 is 0 Å². The minimum Gasteiger partial charge on any atom is -0.378 e. The summed E-state index contributed by atoms with van der Waals surface area (Å²) >= 11 is 0. The highest BCUT2D eigenvalue weighted by molar-refractivity contribution is 5.78. The lowest BCUT2D eigenvalue weighted by molar-refractivity contribution is -0.134. The minimum absolute atomic E-state index is 0.222. The number of nitrogens with one attached hydrogen (secondary N) is 1. The van der Waals surface area contributed by atoms with Gasteiger partial charge in [0.05, 0.1) is 19.8 Å². The SMILES string of the molecule is CC1CCC(CNCC(=O)N2CCOCC2)C1. The fourth-order valence-electron chi connectivity index (χ4n) is 2.82. The number of morpholine rings is 1. The molecule has 2 fully saturated rings. The van der Waals surface area contributed by atoms with Gasteiger partial charge in [-0.15, -0.1) is 0 Å². The van der Waals surface area contributed by atoms with E-state index in [1.807, 2.05) is 4.90 Å². The smallest absolute Gasteiger partial charge is 0.236 e. The van der Waals surface area contributed by atoms with Gasteiger partial charge in [0.1, 0.15) is 0 Å². The molecule has 0 aromatic carbocycles. The number of nitrogens with zero attached hydrogens (tertiary/aromatic N) is 1. The first-order valence-electron chi connectivity index (χ1n) is 6.82. The van der Waals surface area contributed by atoms with Crippen molar-refractivity contribution in [3.63, 3.8) is 0 Å². The summed E-state index contributed by atoms with van der Waals surface area (Å²) in [5.41, 5.74) is 0. The normalized spacial score (nSPS) is 29.6. The summed E-state index contributed by atoms with van der Waals surface area (Å²) in [5.74, 6) is 1.87. The van der Waals surface area contributed by atoms with Gasteiger partial charge in [0.2, 0.25) is 5.91 Å². The molecule has 1 amide bonds. The Kier molecular flexibility index (Phi) is 4.80. The van der Waals surface area contributed by atoms with Crippen molar-refractivity contribution in [2.75, 3.05) is 39.4 Å². The topological polar surface area (TPSA) is 41.6 Å². The van der Waals surface area contributed by atoms with E-state index in [0.717, 1.165) is 31.5 Å². The van der Waals surface area contributed by atoms with Crippen LogP contribution in [-0.4, -0.2) is 50.2 Å². The van der Waals surface area contributed by atoms with Crippen molar-refractivity contribution in [2.24, 2.45) is 11.8 Å². The van der Waals surface area contributed by atoms with Crippen molar-refractivity contribution in [1.29, 1.82) is 0 Å². The summed E-state index contributed by atoms with van der Waals surface area (Å²) in [7, 11) is 0. The zero-order valence-electron chi connectivity index (χ0n) is 10.8. The van der Waals surface area contributed by atoms with Crippen molar-refractivity contribution < 1.29 is 9.53 Å². The Hall–Kier alpha value is -0.610. The molecule has 1 N–H and O–H groups in total. The van der Waals surface area contributed by atoms with Gasteiger partial charge in [-0.1, -0.05) is 13.3 Å². The molecule has 1 aliphatic heterocycles. The molecule has 2 unspecified atom stereocenters. The van der Waals surface area contributed by atoms with Crippen LogP contribution >= 0.6 is 0 Å². The van der Waals surface area contributed by atoms with Gasteiger partial charge in [0.25, 0.3) is 0 Å². The van der Waals surface area contributed by atoms with Crippen LogP contribution in [-0.2, 0) is 9.53 Å². The van der Waals surface area contributed by atoms with Crippen LogP contribution in [0, 0.1) is 11.8 Å². The molecule has 0 spiro atoms. The Morgan fingerprint density at radius 3 is 2.76 bits per heavy atom. The van der Waals surface area contributed by atoms with Crippen LogP contribution in [0.3, 0.4) is 0 Å². The Morgan fingerprint density at radius 1 is 1.35 bits per heavy atom. The van der Waals surface area contributed by atoms with Gasteiger partial charge >= 0.3 is 0 Å². The van der Waals surface area contributed by atoms with E-state index in [1.165, 1.54) is 19.3 Å². The van der Waals surface area contributed by atoms with Crippen LogP contribution in [0.25, 0.3) is 0 Å². The molecular formula is C13H24N2O2. The van der Waals surface area contributed by atoms with E-state index in [2.05, 4.69) is 12.2 Å². The Morgan fingerprint density at radius 2 is 2.12 bits per heavy atom. The lowest BCUT2D eigenvalue weighted by atomic mass is 10.1. The van der Waals surface area contributed by atoms with Crippen LogP contribution in [0.15, 0.2) is 0 Å². The molecule has 98 valence electrons. The number of hydrogen-bond donors (Lipinski definition) is 1. The molecule has 0 radical (unpaired) electrons. The molecule has 2 atom stereocenters. The predicted octanol–water partition coefficient (Wildman–Crippen LogP) is 0.871. The van der Waals surface area contributed by atoms with E-state index in [0.29, 0.717) is 19.8 Å². The zero-order chi connectivity index (χ0) is 12.1. The summed E-state index contributed by atoms with van der Waals surface area (Å²) < 4.78 is 5.23. The van der Waals surface area contributed by atoms with Gasteiger partial charge in [-0.05, 0) is 31.2 Å². The molecule has 2 rings (SSSR count). The number of ether oxygens (including phenoxy) is 1. The van der Waals surface area contributed by atoms with Gasteiger partial charge in [-0.2, -0.15) is 0 Å². The van der Waals surface area contributed by atoms with Gasteiger partial charge in [-0.25, -0.2) is 0 Å². The fraction of sp³-hybridized carbons (Fsp3) is 0.923. The molecule has 1 heterocycles. The van der Waals surface area contributed by atoms with Crippen LogP contribution in [0.4, 0.5) is 0 Å². The highest BCUT2D eigenvalue weighted by atomic mass is 16.5. The maximum absolute atomic E-state index is 11.8. The summed E-state index contributed by atoms with van der Waals surface area (Å²) in [6.07, 6.45) is 3.99. The lowest BCUT2D eigenvalue weighted by Gasteiger charge is -2.27. The molecule has 4 heteroatoms. The first-order valence-corrected chi connectivity index (χ1v) is 6.82. The molecule has 0 aromatic heterocycles. The monoisotopic (exact) mass is 240 g/mol. The molecule has 0 aromatic rings. The van der Waals surface area contributed by atoms with Gasteiger partial charge in [0.15, 0.2) is 0 Å². The molecule has 1 aliphatic carbocycles. The molecule has 1 saturated carbocycles. The number of amides is 1. The Balaban J connectivity index is 1.59. The molecule has 2 aliphatic rings. The molecule has 1 saturated heterocycles. The fourth-order valence-corrected chi connectivity index (χ4v) is 2.82. The number of carbonyl (C=O) groups excluding carboxylic acids is 1. The minimum atomic E-state index is 0.222. The van der Waals surface area contributed by atoms with Crippen molar-refractivity contribution in [3.8, 4) is 0 Å². The first kappa shape index (κ1) is 12.8. The number of hydrogen-bond acceptors (Lipinski definition) is 3. The van der Waals surface area contributed by atoms with Gasteiger partial charge in [0, 0.05) is 13.1 Å². The predicted molar refractivity (Wildman–Crippen MR) is 66.8 cm³/mol. The third kappa shape index (κ3) is 3.96. The van der Waals surface area contributed by atoms with E-state index >= 15 is 0 Å². The van der Waals surface area contributed by atoms with Crippen molar-refractivity contribution in [1.82, 2.24) is 10.2 Å². The second-order valence-corrected chi connectivity index (χ2v) is 5.41. The molecule has 17 heavy (non-hydrogen) atoms. The third-order valence-corrected chi connectivity index (χ3v) is 3.88. The van der Waals surface area contributed by atoms with Gasteiger partial charge < -0.3 is 15.0 Å². The van der Waals surface area contributed by atoms with E-state index in [-0.39, 0.29) is 5.91 Å². The first-order chi connectivity index (χ1) is 8.25. The highest BCUT2D eigenvalue weighted by Crippen LogP contribution is 2.29. The van der Waals surface area contributed by atoms with Crippen LogP contribution in [0.5, 0.6) is 0 Å². The standard InChI is InChI=1S/C13H24N2O2/c1-11-2-3-12(8-11)9-14-10-13(16)15-4-6-17-7-5-15/h11-12,14H,2-10H2,1H3. The molecular weight excluding hydrogens is 216 g/mol.